The Kier molecular flexibility index (Phi) is 8.73. The number of ether oxygens (including phenoxy) is 2. The van der Waals surface area contributed by atoms with E-state index >= 15 is 0 Å². The van der Waals surface area contributed by atoms with Gasteiger partial charge in [0.05, 0.1) is 12.7 Å². The van der Waals surface area contributed by atoms with Crippen molar-refractivity contribution < 1.29 is 14.3 Å². The molecule has 4 heteroatoms. The van der Waals surface area contributed by atoms with Crippen LogP contribution in [0.2, 0.25) is 0 Å². The number of esters is 1. The average Bonchev–Trinajstić information content (AvgIpc) is 2.36. The summed E-state index contributed by atoms with van der Waals surface area (Å²) in [7, 11) is 0. The first-order valence-corrected chi connectivity index (χ1v) is 6.57. The van der Waals surface area contributed by atoms with Gasteiger partial charge < -0.3 is 9.47 Å². The number of allylic oxidation sites excluding steroid dienone is 1. The number of nitrogens with zero attached hydrogens (tertiary/aromatic N) is 1. The van der Waals surface area contributed by atoms with Crippen LogP contribution < -0.4 is 0 Å². The molecule has 0 aliphatic rings. The molecule has 18 heavy (non-hydrogen) atoms. The summed E-state index contributed by atoms with van der Waals surface area (Å²) in [6, 6.07) is 1.88. The first-order valence-electron chi connectivity index (χ1n) is 6.57. The highest BCUT2D eigenvalue weighted by Crippen LogP contribution is 2.14. The zero-order chi connectivity index (χ0) is 14.0. The lowest BCUT2D eigenvalue weighted by Gasteiger charge is -2.14. The van der Waals surface area contributed by atoms with E-state index in [1.807, 2.05) is 26.8 Å². The molecule has 0 saturated heterocycles. The van der Waals surface area contributed by atoms with E-state index in [4.69, 9.17) is 14.7 Å². The van der Waals surface area contributed by atoms with Gasteiger partial charge in [0.2, 0.25) is 0 Å². The van der Waals surface area contributed by atoms with Crippen LogP contribution in [0.3, 0.4) is 0 Å². The molecule has 1 atom stereocenters. The molecular formula is C14H23NO3. The monoisotopic (exact) mass is 253 g/mol. The maximum absolute atomic E-state index is 11.8. The van der Waals surface area contributed by atoms with Gasteiger partial charge in [0.15, 0.2) is 5.57 Å². The van der Waals surface area contributed by atoms with E-state index in [-0.39, 0.29) is 11.7 Å². The van der Waals surface area contributed by atoms with Crippen molar-refractivity contribution in [3.63, 3.8) is 0 Å². The lowest BCUT2D eigenvalue weighted by atomic mass is 10.2. The van der Waals surface area contributed by atoms with Gasteiger partial charge in [0.1, 0.15) is 11.8 Å². The molecule has 0 aliphatic carbocycles. The van der Waals surface area contributed by atoms with Crippen LogP contribution in [0.5, 0.6) is 0 Å². The quantitative estimate of drug-likeness (QED) is 0.288. The van der Waals surface area contributed by atoms with Crippen LogP contribution in [0.25, 0.3) is 0 Å². The van der Waals surface area contributed by atoms with E-state index in [9.17, 15) is 4.79 Å². The van der Waals surface area contributed by atoms with Crippen molar-refractivity contribution in [2.75, 3.05) is 6.61 Å². The third-order valence-electron chi connectivity index (χ3n) is 2.51. The molecule has 0 spiro atoms. The molecule has 0 saturated carbocycles. The number of rotatable bonds is 8. The Morgan fingerprint density at radius 3 is 2.44 bits per heavy atom. The molecule has 4 nitrogen and oxygen atoms in total. The number of hydrogen-bond donors (Lipinski definition) is 0. The molecule has 0 radical (unpaired) electrons. The Hall–Kier alpha value is -1.50. The molecule has 0 amide bonds. The predicted octanol–water partition coefficient (Wildman–Crippen LogP) is 3.33. The summed E-state index contributed by atoms with van der Waals surface area (Å²) in [5.74, 6) is -0.168. The maximum atomic E-state index is 11.8. The minimum Gasteiger partial charge on any atom is -0.497 e. The molecule has 0 N–H and O–H groups in total. The van der Waals surface area contributed by atoms with Crippen molar-refractivity contribution in [2.24, 2.45) is 0 Å². The van der Waals surface area contributed by atoms with Gasteiger partial charge in [-0.3, -0.25) is 0 Å². The Labute approximate surface area is 110 Å². The second-order valence-corrected chi connectivity index (χ2v) is 4.05. The molecule has 0 aromatic rings. The van der Waals surface area contributed by atoms with E-state index in [1.165, 1.54) is 0 Å². The number of carbonyl (C=O) groups is 1. The van der Waals surface area contributed by atoms with Crippen LogP contribution >= 0.6 is 0 Å². The van der Waals surface area contributed by atoms with Gasteiger partial charge in [0, 0.05) is 6.42 Å². The van der Waals surface area contributed by atoms with Gasteiger partial charge in [0.25, 0.3) is 0 Å². The molecule has 0 aliphatic heterocycles. The first kappa shape index (κ1) is 16.5. The van der Waals surface area contributed by atoms with Gasteiger partial charge in [-0.2, -0.15) is 5.26 Å². The van der Waals surface area contributed by atoms with Crippen LogP contribution in [0.1, 0.15) is 53.4 Å². The van der Waals surface area contributed by atoms with Crippen molar-refractivity contribution in [3.8, 4) is 6.07 Å². The van der Waals surface area contributed by atoms with E-state index in [2.05, 4.69) is 6.92 Å². The normalized spacial score (nSPS) is 13.3. The Bertz CT molecular complexity index is 328. The second-order valence-electron chi connectivity index (χ2n) is 4.05. The Morgan fingerprint density at radius 2 is 2.00 bits per heavy atom. The van der Waals surface area contributed by atoms with Gasteiger partial charge in [-0.1, -0.05) is 26.7 Å². The fourth-order valence-corrected chi connectivity index (χ4v) is 1.54. The molecule has 102 valence electrons. The van der Waals surface area contributed by atoms with Gasteiger partial charge in [-0.25, -0.2) is 4.79 Å². The molecule has 0 heterocycles. The number of nitriles is 1. The van der Waals surface area contributed by atoms with Gasteiger partial charge in [-0.05, 0) is 20.3 Å². The van der Waals surface area contributed by atoms with E-state index < -0.39 is 5.97 Å². The number of hydrogen-bond acceptors (Lipinski definition) is 4. The van der Waals surface area contributed by atoms with Crippen molar-refractivity contribution in [1.82, 2.24) is 0 Å². The van der Waals surface area contributed by atoms with Crippen molar-refractivity contribution in [2.45, 2.75) is 59.5 Å². The largest absolute Gasteiger partial charge is 0.497 e. The Balaban J connectivity index is 4.66. The summed E-state index contributed by atoms with van der Waals surface area (Å²) >= 11 is 0. The molecule has 0 aromatic heterocycles. The standard InChI is InChI=1S/C14H23NO3/c1-5-8-9-11(4)18-14(16)12(10-15)13(6-2)17-7-3/h11H,5-9H2,1-4H3. The second kappa shape index (κ2) is 9.52. The molecule has 0 rings (SSSR count). The summed E-state index contributed by atoms with van der Waals surface area (Å²) in [5.41, 5.74) is -0.0114. The van der Waals surface area contributed by atoms with Crippen LogP contribution in [0, 0.1) is 11.3 Å². The highest BCUT2D eigenvalue weighted by Gasteiger charge is 2.19. The Morgan fingerprint density at radius 1 is 1.33 bits per heavy atom. The molecular weight excluding hydrogens is 230 g/mol. The number of carbonyl (C=O) groups excluding carboxylic acids is 1. The molecule has 1 unspecified atom stereocenters. The fourth-order valence-electron chi connectivity index (χ4n) is 1.54. The average molecular weight is 253 g/mol. The lowest BCUT2D eigenvalue weighted by Crippen LogP contribution is -2.17. The van der Waals surface area contributed by atoms with E-state index in [0.29, 0.717) is 18.8 Å². The smallest absolute Gasteiger partial charge is 0.352 e. The lowest BCUT2D eigenvalue weighted by molar-refractivity contribution is -0.143. The molecule has 0 bridgehead atoms. The minimum atomic E-state index is -0.577. The van der Waals surface area contributed by atoms with Crippen LogP contribution in [-0.2, 0) is 14.3 Å². The maximum Gasteiger partial charge on any atom is 0.352 e. The SMILES string of the molecule is CCCCC(C)OC(=O)C(C#N)=C(CC)OCC. The third kappa shape index (κ3) is 5.72. The zero-order valence-electron chi connectivity index (χ0n) is 11.8. The fraction of sp³-hybridized carbons (Fsp3) is 0.714. The minimum absolute atomic E-state index is 0.0114. The predicted molar refractivity (Wildman–Crippen MR) is 69.6 cm³/mol. The number of unbranched alkanes of at least 4 members (excludes halogenated alkanes) is 1. The van der Waals surface area contributed by atoms with Crippen molar-refractivity contribution >= 4 is 5.97 Å². The van der Waals surface area contributed by atoms with Crippen LogP contribution in [0.4, 0.5) is 0 Å². The summed E-state index contributed by atoms with van der Waals surface area (Å²) in [6.45, 7) is 8.03. The molecule has 0 fully saturated rings. The zero-order valence-corrected chi connectivity index (χ0v) is 11.8. The summed E-state index contributed by atoms with van der Waals surface area (Å²) in [5, 5.41) is 9.02. The topological polar surface area (TPSA) is 59.3 Å². The van der Waals surface area contributed by atoms with Gasteiger partial charge in [-0.15, -0.1) is 0 Å². The third-order valence-corrected chi connectivity index (χ3v) is 2.51. The first-order chi connectivity index (χ1) is 8.60. The summed E-state index contributed by atoms with van der Waals surface area (Å²) in [6.07, 6.45) is 3.22. The van der Waals surface area contributed by atoms with E-state index in [0.717, 1.165) is 19.3 Å². The highest BCUT2D eigenvalue weighted by atomic mass is 16.5. The summed E-state index contributed by atoms with van der Waals surface area (Å²) in [4.78, 5) is 11.8. The van der Waals surface area contributed by atoms with Crippen LogP contribution in [-0.4, -0.2) is 18.7 Å². The van der Waals surface area contributed by atoms with Crippen molar-refractivity contribution in [3.05, 3.63) is 11.3 Å². The van der Waals surface area contributed by atoms with Crippen LogP contribution in [0.15, 0.2) is 11.3 Å². The highest BCUT2D eigenvalue weighted by molar-refractivity contribution is 5.93. The summed E-state index contributed by atoms with van der Waals surface area (Å²) < 4.78 is 10.5. The van der Waals surface area contributed by atoms with E-state index in [1.54, 1.807) is 0 Å². The van der Waals surface area contributed by atoms with Crippen molar-refractivity contribution in [1.29, 1.82) is 5.26 Å². The van der Waals surface area contributed by atoms with Gasteiger partial charge >= 0.3 is 5.97 Å². The molecule has 0 aromatic carbocycles.